The summed E-state index contributed by atoms with van der Waals surface area (Å²) < 4.78 is 32.0. The molecule has 0 fully saturated rings. The fourth-order valence-corrected chi connectivity index (χ4v) is 2.21. The highest BCUT2D eigenvalue weighted by molar-refractivity contribution is 6.30. The first-order chi connectivity index (χ1) is 10.0. The summed E-state index contributed by atoms with van der Waals surface area (Å²) in [4.78, 5) is 0. The summed E-state index contributed by atoms with van der Waals surface area (Å²) in [5.74, 6) is 4.24. The zero-order chi connectivity index (χ0) is 15.4. The zero-order valence-corrected chi connectivity index (χ0v) is 12.1. The lowest BCUT2D eigenvalue weighted by Gasteiger charge is -2.25. The van der Waals surface area contributed by atoms with E-state index in [-0.39, 0.29) is 0 Å². The van der Waals surface area contributed by atoms with Gasteiger partial charge in [-0.15, -0.1) is 0 Å². The number of ether oxygens (including phenoxy) is 1. The Balaban J connectivity index is 2.18. The predicted octanol–water partition coefficient (Wildman–Crippen LogP) is 3.59. The van der Waals surface area contributed by atoms with Gasteiger partial charge >= 0.3 is 0 Å². The lowest BCUT2D eigenvalue weighted by atomic mass is 10.0. The highest BCUT2D eigenvalue weighted by Gasteiger charge is 2.21. The van der Waals surface area contributed by atoms with Gasteiger partial charge < -0.3 is 4.74 Å². The minimum absolute atomic E-state index is 0.418. The molecule has 6 heteroatoms. The quantitative estimate of drug-likeness (QED) is 0.655. The summed E-state index contributed by atoms with van der Waals surface area (Å²) in [5, 5.41) is 0.546. The maximum atomic E-state index is 13.3. The van der Waals surface area contributed by atoms with Gasteiger partial charge in [-0.1, -0.05) is 23.7 Å². The summed E-state index contributed by atoms with van der Waals surface area (Å²) in [6.45, 7) is 1.77. The monoisotopic (exact) mass is 312 g/mol. The average Bonchev–Trinajstić information content (AvgIpc) is 2.43. The van der Waals surface area contributed by atoms with Crippen molar-refractivity contribution in [3.63, 3.8) is 0 Å². The van der Waals surface area contributed by atoms with Crippen LogP contribution in [0.15, 0.2) is 42.5 Å². The van der Waals surface area contributed by atoms with Crippen LogP contribution < -0.4 is 16.0 Å². The van der Waals surface area contributed by atoms with E-state index in [9.17, 15) is 8.78 Å². The van der Waals surface area contributed by atoms with E-state index >= 15 is 0 Å². The molecule has 0 saturated heterocycles. The van der Waals surface area contributed by atoms with Gasteiger partial charge in [-0.05, 0) is 42.8 Å². The van der Waals surface area contributed by atoms with E-state index in [1.54, 1.807) is 31.2 Å². The normalized spacial score (nSPS) is 13.8. The van der Waals surface area contributed by atoms with Crippen LogP contribution in [0.1, 0.15) is 18.5 Å². The second-order valence-corrected chi connectivity index (χ2v) is 5.03. The Hall–Kier alpha value is -1.69. The number of halogens is 3. The molecule has 2 atom stereocenters. The largest absolute Gasteiger partial charge is 0.489 e. The summed E-state index contributed by atoms with van der Waals surface area (Å²) in [7, 11) is 0. The standard InChI is InChI=1S/C15H15ClF2N2O/c1-9(21-12-4-2-3-11(16)8-12)15(20-19)10-5-6-13(17)14(18)7-10/h2-9,15,20H,19H2,1H3. The van der Waals surface area contributed by atoms with E-state index in [0.717, 1.165) is 12.1 Å². The minimum atomic E-state index is -0.928. The molecule has 0 saturated carbocycles. The Bertz CT molecular complexity index is 624. The Morgan fingerprint density at radius 3 is 2.52 bits per heavy atom. The molecule has 2 aromatic carbocycles. The molecule has 3 nitrogen and oxygen atoms in total. The van der Waals surface area contributed by atoms with Crippen LogP contribution in [0.2, 0.25) is 5.02 Å². The third kappa shape index (κ3) is 3.91. The van der Waals surface area contributed by atoms with Crippen molar-refractivity contribution in [1.82, 2.24) is 5.43 Å². The van der Waals surface area contributed by atoms with Crippen LogP contribution in [-0.2, 0) is 0 Å². The summed E-state index contributed by atoms with van der Waals surface area (Å²) in [6, 6.07) is 10.0. The number of nitrogens with two attached hydrogens (primary N) is 1. The van der Waals surface area contributed by atoms with Gasteiger partial charge in [0.05, 0.1) is 6.04 Å². The second kappa shape index (κ2) is 6.85. The number of benzene rings is 2. The van der Waals surface area contributed by atoms with Crippen LogP contribution in [0.5, 0.6) is 5.75 Å². The first-order valence-electron chi connectivity index (χ1n) is 6.34. The number of rotatable bonds is 5. The molecule has 0 heterocycles. The maximum Gasteiger partial charge on any atom is 0.159 e. The van der Waals surface area contributed by atoms with E-state index in [1.165, 1.54) is 6.07 Å². The average molecular weight is 313 g/mol. The third-order valence-electron chi connectivity index (χ3n) is 3.07. The van der Waals surface area contributed by atoms with Gasteiger partial charge in [0.25, 0.3) is 0 Å². The smallest absolute Gasteiger partial charge is 0.159 e. The fraction of sp³-hybridized carbons (Fsp3) is 0.200. The van der Waals surface area contributed by atoms with Gasteiger partial charge in [0.2, 0.25) is 0 Å². The number of hydrogen-bond donors (Lipinski definition) is 2. The molecule has 0 radical (unpaired) electrons. The molecule has 112 valence electrons. The van der Waals surface area contributed by atoms with Crippen molar-refractivity contribution in [3.05, 3.63) is 64.7 Å². The topological polar surface area (TPSA) is 47.3 Å². The molecular weight excluding hydrogens is 298 g/mol. The van der Waals surface area contributed by atoms with E-state index in [0.29, 0.717) is 16.3 Å². The first kappa shape index (κ1) is 15.7. The van der Waals surface area contributed by atoms with Crippen LogP contribution in [0, 0.1) is 11.6 Å². The highest BCUT2D eigenvalue weighted by Crippen LogP contribution is 2.24. The molecule has 0 aliphatic heterocycles. The molecule has 2 aromatic rings. The molecule has 0 spiro atoms. The molecule has 0 aromatic heterocycles. The zero-order valence-electron chi connectivity index (χ0n) is 11.3. The van der Waals surface area contributed by atoms with Gasteiger partial charge in [-0.3, -0.25) is 5.84 Å². The molecule has 2 rings (SSSR count). The lowest BCUT2D eigenvalue weighted by molar-refractivity contribution is 0.171. The van der Waals surface area contributed by atoms with Crippen LogP contribution in [0.25, 0.3) is 0 Å². The van der Waals surface area contributed by atoms with E-state index < -0.39 is 23.8 Å². The molecule has 0 aliphatic rings. The Labute approximate surface area is 126 Å². The molecule has 0 aliphatic carbocycles. The van der Waals surface area contributed by atoms with Gasteiger partial charge in [0.1, 0.15) is 11.9 Å². The van der Waals surface area contributed by atoms with Crippen molar-refractivity contribution < 1.29 is 13.5 Å². The molecule has 0 bridgehead atoms. The number of hydrazine groups is 1. The van der Waals surface area contributed by atoms with Crippen LogP contribution >= 0.6 is 11.6 Å². The highest BCUT2D eigenvalue weighted by atomic mass is 35.5. The van der Waals surface area contributed by atoms with E-state index in [2.05, 4.69) is 5.43 Å². The molecule has 3 N–H and O–H groups in total. The van der Waals surface area contributed by atoms with Crippen LogP contribution in [-0.4, -0.2) is 6.10 Å². The van der Waals surface area contributed by atoms with Crippen LogP contribution in [0.4, 0.5) is 8.78 Å². The van der Waals surface area contributed by atoms with Crippen molar-refractivity contribution in [2.75, 3.05) is 0 Å². The fourth-order valence-electron chi connectivity index (χ4n) is 2.03. The van der Waals surface area contributed by atoms with Crippen molar-refractivity contribution in [3.8, 4) is 5.75 Å². The van der Waals surface area contributed by atoms with Crippen molar-refractivity contribution >= 4 is 11.6 Å². The third-order valence-corrected chi connectivity index (χ3v) is 3.30. The summed E-state index contributed by atoms with van der Waals surface area (Å²) in [6.07, 6.45) is -0.418. The summed E-state index contributed by atoms with van der Waals surface area (Å²) >= 11 is 5.89. The maximum absolute atomic E-state index is 13.3. The summed E-state index contributed by atoms with van der Waals surface area (Å²) in [5.41, 5.74) is 3.04. The Morgan fingerprint density at radius 1 is 1.14 bits per heavy atom. The number of hydrogen-bond acceptors (Lipinski definition) is 3. The first-order valence-corrected chi connectivity index (χ1v) is 6.72. The minimum Gasteiger partial charge on any atom is -0.489 e. The molecule has 2 unspecified atom stereocenters. The second-order valence-electron chi connectivity index (χ2n) is 4.60. The molecular formula is C15H15ClF2N2O. The SMILES string of the molecule is CC(Oc1cccc(Cl)c1)C(NN)c1ccc(F)c(F)c1. The van der Waals surface area contributed by atoms with Gasteiger partial charge in [-0.2, -0.15) is 0 Å². The van der Waals surface area contributed by atoms with Crippen LogP contribution in [0.3, 0.4) is 0 Å². The number of nitrogens with one attached hydrogen (secondary N) is 1. The van der Waals surface area contributed by atoms with Crippen molar-refractivity contribution in [2.45, 2.75) is 19.1 Å². The Kier molecular flexibility index (Phi) is 5.12. The molecule has 21 heavy (non-hydrogen) atoms. The van der Waals surface area contributed by atoms with E-state index in [4.69, 9.17) is 22.2 Å². The van der Waals surface area contributed by atoms with Gasteiger partial charge in [-0.25, -0.2) is 14.2 Å². The van der Waals surface area contributed by atoms with Gasteiger partial charge in [0.15, 0.2) is 11.6 Å². The van der Waals surface area contributed by atoms with Crippen molar-refractivity contribution in [2.24, 2.45) is 5.84 Å². The lowest BCUT2D eigenvalue weighted by Crippen LogP contribution is -2.38. The van der Waals surface area contributed by atoms with Crippen molar-refractivity contribution in [1.29, 1.82) is 0 Å². The Morgan fingerprint density at radius 2 is 1.90 bits per heavy atom. The van der Waals surface area contributed by atoms with E-state index in [1.807, 2.05) is 0 Å². The predicted molar refractivity (Wildman–Crippen MR) is 78.0 cm³/mol. The van der Waals surface area contributed by atoms with Gasteiger partial charge in [0, 0.05) is 5.02 Å². The molecule has 0 amide bonds.